The number of rotatable bonds is 11. The molecule has 0 radical (unpaired) electrons. The lowest BCUT2D eigenvalue weighted by atomic mass is 10.1. The molecule has 0 spiro atoms. The van der Waals surface area contributed by atoms with Crippen LogP contribution in [-0.4, -0.2) is 56.6 Å². The van der Waals surface area contributed by atoms with Gasteiger partial charge in [-0.05, 0) is 44.4 Å². The van der Waals surface area contributed by atoms with Crippen LogP contribution in [0.4, 0.5) is 14.5 Å². The van der Waals surface area contributed by atoms with E-state index in [0.29, 0.717) is 17.1 Å². The smallest absolute Gasteiger partial charge is 0.244 e. The van der Waals surface area contributed by atoms with Gasteiger partial charge < -0.3 is 10.2 Å². The highest BCUT2D eigenvalue weighted by atomic mass is 32.2. The predicted molar refractivity (Wildman–Crippen MR) is 128 cm³/mol. The molecule has 1 unspecified atom stereocenters. The van der Waals surface area contributed by atoms with Crippen LogP contribution in [0, 0.1) is 11.6 Å². The minimum Gasteiger partial charge on any atom is -0.352 e. The van der Waals surface area contributed by atoms with Crippen LogP contribution in [0.3, 0.4) is 0 Å². The first-order valence-electron chi connectivity index (χ1n) is 11.0. The number of carbonyl (C=O) groups excluding carboxylic acids is 2. The molecule has 0 aliphatic rings. The van der Waals surface area contributed by atoms with Gasteiger partial charge in [0, 0.05) is 18.7 Å². The number of sulfonamides is 1. The van der Waals surface area contributed by atoms with E-state index < -0.39 is 40.2 Å². The molecule has 1 atom stereocenters. The minimum atomic E-state index is -4.02. The summed E-state index contributed by atoms with van der Waals surface area (Å²) in [6.07, 6.45) is 1.63. The van der Waals surface area contributed by atoms with E-state index in [1.807, 2.05) is 30.3 Å². The summed E-state index contributed by atoms with van der Waals surface area (Å²) in [5.74, 6) is -3.35. The van der Waals surface area contributed by atoms with Gasteiger partial charge in [-0.15, -0.1) is 0 Å². The molecule has 0 saturated heterocycles. The van der Waals surface area contributed by atoms with Crippen molar-refractivity contribution in [2.24, 2.45) is 0 Å². The van der Waals surface area contributed by atoms with Gasteiger partial charge in [0.25, 0.3) is 0 Å². The molecule has 1 N–H and O–H groups in total. The van der Waals surface area contributed by atoms with Crippen LogP contribution in [0.2, 0.25) is 0 Å². The lowest BCUT2D eigenvalue weighted by Crippen LogP contribution is -2.54. The van der Waals surface area contributed by atoms with Crippen molar-refractivity contribution < 1.29 is 26.8 Å². The molecule has 0 saturated carbocycles. The molecule has 0 fully saturated rings. The second kappa shape index (κ2) is 11.9. The lowest BCUT2D eigenvalue weighted by molar-refractivity contribution is -0.139. The zero-order valence-electron chi connectivity index (χ0n) is 19.8. The predicted octanol–water partition coefficient (Wildman–Crippen LogP) is 3.11. The summed E-state index contributed by atoms with van der Waals surface area (Å²) in [7, 11) is -4.02. The van der Waals surface area contributed by atoms with E-state index >= 15 is 0 Å². The van der Waals surface area contributed by atoms with E-state index in [2.05, 4.69) is 5.32 Å². The quantitative estimate of drug-likeness (QED) is 0.519. The fraction of sp³-hybridized carbons (Fsp3) is 0.417. The number of hydrogen-bond acceptors (Lipinski definition) is 4. The van der Waals surface area contributed by atoms with E-state index in [1.165, 1.54) is 4.90 Å². The number of halogens is 2. The Kier molecular flexibility index (Phi) is 9.55. The van der Waals surface area contributed by atoms with Gasteiger partial charge >= 0.3 is 0 Å². The van der Waals surface area contributed by atoms with Crippen molar-refractivity contribution in [2.75, 3.05) is 23.7 Å². The summed E-state index contributed by atoms with van der Waals surface area (Å²) in [6, 6.07) is 11.0. The summed E-state index contributed by atoms with van der Waals surface area (Å²) in [6.45, 7) is 4.87. The molecular formula is C24H31F2N3O4S. The monoisotopic (exact) mass is 495 g/mol. The summed E-state index contributed by atoms with van der Waals surface area (Å²) >= 11 is 0. The SMILES string of the molecule is CCC(C(=O)NC(C)C)N(CCc1ccccc1)C(=O)CN(c1ccc(F)c(F)c1)S(C)(=O)=O. The molecule has 186 valence electrons. The minimum absolute atomic E-state index is 0.151. The summed E-state index contributed by atoms with van der Waals surface area (Å²) in [4.78, 5) is 27.6. The standard InChI is InChI=1S/C24H31F2N3O4S/c1-5-22(24(31)27-17(2)3)28(14-13-18-9-7-6-8-10-18)23(30)16-29(34(4,32)33)19-11-12-20(25)21(26)15-19/h6-12,15,17,22H,5,13-14,16H2,1-4H3,(H,27,31). The van der Waals surface area contributed by atoms with Crippen molar-refractivity contribution >= 4 is 27.5 Å². The molecule has 0 aliphatic heterocycles. The molecule has 0 heterocycles. The number of anilines is 1. The second-order valence-electron chi connectivity index (χ2n) is 8.28. The van der Waals surface area contributed by atoms with Crippen molar-refractivity contribution in [3.63, 3.8) is 0 Å². The largest absolute Gasteiger partial charge is 0.352 e. The third-order valence-corrected chi connectivity index (χ3v) is 6.31. The van der Waals surface area contributed by atoms with Gasteiger partial charge in [0.2, 0.25) is 21.8 Å². The van der Waals surface area contributed by atoms with Gasteiger partial charge in [-0.3, -0.25) is 13.9 Å². The Hall–Kier alpha value is -3.01. The highest BCUT2D eigenvalue weighted by Gasteiger charge is 2.31. The number of carbonyl (C=O) groups is 2. The van der Waals surface area contributed by atoms with E-state index in [9.17, 15) is 26.8 Å². The molecule has 2 amide bonds. The number of amides is 2. The molecule has 0 aliphatic carbocycles. The first kappa shape index (κ1) is 27.2. The number of hydrogen-bond donors (Lipinski definition) is 1. The molecular weight excluding hydrogens is 464 g/mol. The zero-order chi connectivity index (χ0) is 25.5. The first-order valence-corrected chi connectivity index (χ1v) is 12.8. The van der Waals surface area contributed by atoms with Crippen molar-refractivity contribution in [3.8, 4) is 0 Å². The molecule has 2 aromatic rings. The fourth-order valence-electron chi connectivity index (χ4n) is 3.53. The van der Waals surface area contributed by atoms with Crippen molar-refractivity contribution in [3.05, 3.63) is 65.7 Å². The molecule has 10 heteroatoms. The number of nitrogens with one attached hydrogen (secondary N) is 1. The topological polar surface area (TPSA) is 86.8 Å². The average molecular weight is 496 g/mol. The summed E-state index contributed by atoms with van der Waals surface area (Å²) in [5, 5.41) is 2.80. The highest BCUT2D eigenvalue weighted by molar-refractivity contribution is 7.92. The highest BCUT2D eigenvalue weighted by Crippen LogP contribution is 2.21. The Morgan fingerprint density at radius 2 is 1.68 bits per heavy atom. The Morgan fingerprint density at radius 3 is 2.21 bits per heavy atom. The van der Waals surface area contributed by atoms with Gasteiger partial charge in [-0.1, -0.05) is 37.3 Å². The molecule has 0 bridgehead atoms. The maximum Gasteiger partial charge on any atom is 0.244 e. The van der Waals surface area contributed by atoms with Gasteiger partial charge in [0.15, 0.2) is 11.6 Å². The Bertz CT molecular complexity index is 1090. The third-order valence-electron chi connectivity index (χ3n) is 5.17. The van der Waals surface area contributed by atoms with E-state index in [0.717, 1.165) is 30.0 Å². The molecule has 0 aromatic heterocycles. The van der Waals surface area contributed by atoms with Gasteiger partial charge in [0.05, 0.1) is 11.9 Å². The summed E-state index contributed by atoms with van der Waals surface area (Å²) < 4.78 is 52.8. The van der Waals surface area contributed by atoms with Crippen LogP contribution in [0.1, 0.15) is 32.8 Å². The Morgan fingerprint density at radius 1 is 1.03 bits per heavy atom. The Labute approximate surface area is 199 Å². The van der Waals surface area contributed by atoms with E-state index in [1.54, 1.807) is 20.8 Å². The van der Waals surface area contributed by atoms with E-state index in [-0.39, 0.29) is 24.2 Å². The third kappa shape index (κ3) is 7.51. The lowest BCUT2D eigenvalue weighted by Gasteiger charge is -2.33. The molecule has 7 nitrogen and oxygen atoms in total. The van der Waals surface area contributed by atoms with Gasteiger partial charge in [-0.25, -0.2) is 17.2 Å². The van der Waals surface area contributed by atoms with Crippen molar-refractivity contribution in [1.82, 2.24) is 10.2 Å². The maximum atomic E-state index is 13.8. The average Bonchev–Trinajstić information content (AvgIpc) is 2.76. The summed E-state index contributed by atoms with van der Waals surface area (Å²) in [5.41, 5.74) is 0.762. The molecule has 34 heavy (non-hydrogen) atoms. The number of nitrogens with zero attached hydrogens (tertiary/aromatic N) is 2. The van der Waals surface area contributed by atoms with Crippen LogP contribution >= 0.6 is 0 Å². The van der Waals surface area contributed by atoms with Crippen LogP contribution in [0.15, 0.2) is 48.5 Å². The van der Waals surface area contributed by atoms with E-state index in [4.69, 9.17) is 0 Å². The van der Waals surface area contributed by atoms with Crippen LogP contribution in [0.5, 0.6) is 0 Å². The van der Waals surface area contributed by atoms with Crippen molar-refractivity contribution in [2.45, 2.75) is 45.7 Å². The Balaban J connectivity index is 2.38. The normalized spacial score (nSPS) is 12.3. The van der Waals surface area contributed by atoms with Crippen molar-refractivity contribution in [1.29, 1.82) is 0 Å². The first-order chi connectivity index (χ1) is 15.9. The second-order valence-corrected chi connectivity index (χ2v) is 10.2. The van der Waals surface area contributed by atoms with Gasteiger partial charge in [0.1, 0.15) is 12.6 Å². The van der Waals surface area contributed by atoms with Crippen LogP contribution in [0.25, 0.3) is 0 Å². The maximum absolute atomic E-state index is 13.8. The zero-order valence-corrected chi connectivity index (χ0v) is 20.6. The number of benzene rings is 2. The van der Waals surface area contributed by atoms with Crippen LogP contribution in [-0.2, 0) is 26.0 Å². The molecule has 2 rings (SSSR count). The fourth-order valence-corrected chi connectivity index (χ4v) is 4.37. The molecule has 2 aromatic carbocycles. The van der Waals surface area contributed by atoms with Crippen LogP contribution < -0.4 is 9.62 Å². The van der Waals surface area contributed by atoms with Gasteiger partial charge in [-0.2, -0.15) is 0 Å².